The van der Waals surface area contributed by atoms with Gasteiger partial charge < -0.3 is 20.4 Å². The van der Waals surface area contributed by atoms with Crippen LogP contribution in [0.4, 0.5) is 0 Å². The highest BCUT2D eigenvalue weighted by Crippen LogP contribution is 2.62. The lowest BCUT2D eigenvalue weighted by Gasteiger charge is -2.26. The number of aliphatic hydroxyl groups excluding tert-OH is 2. The van der Waals surface area contributed by atoms with Crippen molar-refractivity contribution in [3.05, 3.63) is 0 Å². The second kappa shape index (κ2) is 3.93. The zero-order chi connectivity index (χ0) is 12.9. The summed E-state index contributed by atoms with van der Waals surface area (Å²) < 4.78 is 0. The number of rotatable bonds is 3. The van der Waals surface area contributed by atoms with Gasteiger partial charge in [0.2, 0.25) is 11.8 Å². The number of hydrogen-bond acceptors (Lipinski definition) is 4. The van der Waals surface area contributed by atoms with E-state index in [0.29, 0.717) is 25.9 Å². The van der Waals surface area contributed by atoms with Gasteiger partial charge in [0.05, 0.1) is 13.2 Å². The molecule has 3 unspecified atom stereocenters. The Bertz CT molecular complexity index is 380. The zero-order valence-electron chi connectivity index (χ0n) is 10.1. The molecule has 3 aliphatic rings. The topological polar surface area (TPSA) is 89.9 Å². The molecule has 18 heavy (non-hydrogen) atoms. The van der Waals surface area contributed by atoms with E-state index in [-0.39, 0.29) is 48.3 Å². The molecule has 3 N–H and O–H groups in total. The molecule has 100 valence electrons. The average Bonchev–Trinajstić information content (AvgIpc) is 2.80. The Morgan fingerprint density at radius 1 is 1.33 bits per heavy atom. The van der Waals surface area contributed by atoms with Crippen molar-refractivity contribution in [3.8, 4) is 0 Å². The maximum atomic E-state index is 12.1. The summed E-state index contributed by atoms with van der Waals surface area (Å²) in [6.45, 7) is 1.16. The number of hydrogen-bond donors (Lipinski definition) is 3. The third kappa shape index (κ3) is 1.48. The third-order valence-corrected chi connectivity index (χ3v) is 4.88. The molecular formula is C12H18N2O4. The van der Waals surface area contributed by atoms with Crippen molar-refractivity contribution >= 4 is 11.8 Å². The van der Waals surface area contributed by atoms with Crippen LogP contribution in [0.25, 0.3) is 0 Å². The standard InChI is InChI=1S/C12H18N2O4/c15-5-12(6-16)7-3-14(4-8(7)12)11(18)9-1-2-10(17)13-9/h7-9,15-16H,1-6H2,(H,13,17). The second-order valence-corrected chi connectivity index (χ2v) is 5.66. The van der Waals surface area contributed by atoms with Gasteiger partial charge in [-0.25, -0.2) is 0 Å². The van der Waals surface area contributed by atoms with Crippen molar-refractivity contribution in [2.45, 2.75) is 18.9 Å². The number of carbonyl (C=O) groups excluding carboxylic acids is 2. The fraction of sp³-hybridized carbons (Fsp3) is 0.833. The van der Waals surface area contributed by atoms with Crippen LogP contribution in [-0.4, -0.2) is 59.3 Å². The van der Waals surface area contributed by atoms with E-state index in [1.807, 2.05) is 0 Å². The largest absolute Gasteiger partial charge is 0.396 e. The number of carbonyl (C=O) groups is 2. The monoisotopic (exact) mass is 254 g/mol. The van der Waals surface area contributed by atoms with Crippen molar-refractivity contribution in [1.82, 2.24) is 10.2 Å². The molecule has 0 aromatic heterocycles. The first-order chi connectivity index (χ1) is 8.62. The van der Waals surface area contributed by atoms with Gasteiger partial charge in [-0.2, -0.15) is 0 Å². The van der Waals surface area contributed by atoms with E-state index in [4.69, 9.17) is 0 Å². The van der Waals surface area contributed by atoms with E-state index >= 15 is 0 Å². The van der Waals surface area contributed by atoms with Gasteiger partial charge in [0.25, 0.3) is 0 Å². The van der Waals surface area contributed by atoms with Crippen LogP contribution < -0.4 is 5.32 Å². The van der Waals surface area contributed by atoms with E-state index in [1.165, 1.54) is 0 Å². The molecule has 3 rings (SSSR count). The maximum Gasteiger partial charge on any atom is 0.245 e. The van der Waals surface area contributed by atoms with Crippen molar-refractivity contribution < 1.29 is 19.8 Å². The van der Waals surface area contributed by atoms with E-state index in [2.05, 4.69) is 5.32 Å². The Labute approximate surface area is 105 Å². The molecule has 0 spiro atoms. The highest BCUT2D eigenvalue weighted by molar-refractivity contribution is 5.91. The predicted molar refractivity (Wildman–Crippen MR) is 61.3 cm³/mol. The first-order valence-corrected chi connectivity index (χ1v) is 6.42. The first kappa shape index (κ1) is 11.9. The van der Waals surface area contributed by atoms with E-state index in [1.54, 1.807) is 4.90 Å². The molecule has 2 saturated heterocycles. The molecule has 2 heterocycles. The van der Waals surface area contributed by atoms with Gasteiger partial charge in [0.1, 0.15) is 6.04 Å². The number of nitrogens with one attached hydrogen (secondary N) is 1. The molecule has 1 aliphatic carbocycles. The fourth-order valence-corrected chi connectivity index (χ4v) is 3.56. The molecule has 3 fully saturated rings. The molecule has 2 amide bonds. The second-order valence-electron chi connectivity index (χ2n) is 5.66. The Morgan fingerprint density at radius 3 is 2.39 bits per heavy atom. The summed E-state index contributed by atoms with van der Waals surface area (Å²) in [5.74, 6) is 0.359. The van der Waals surface area contributed by atoms with Crippen molar-refractivity contribution in [3.63, 3.8) is 0 Å². The Balaban J connectivity index is 1.59. The minimum absolute atomic E-state index is 0.0129. The number of piperidine rings is 1. The van der Waals surface area contributed by atoms with Gasteiger partial charge in [-0.15, -0.1) is 0 Å². The van der Waals surface area contributed by atoms with Crippen LogP contribution in [0.5, 0.6) is 0 Å². The van der Waals surface area contributed by atoms with Gasteiger partial charge in [-0.05, 0) is 18.3 Å². The van der Waals surface area contributed by atoms with E-state index in [9.17, 15) is 19.8 Å². The summed E-state index contributed by atoms with van der Waals surface area (Å²) in [6.07, 6.45) is 1.00. The Morgan fingerprint density at radius 2 is 1.94 bits per heavy atom. The first-order valence-electron chi connectivity index (χ1n) is 6.42. The normalized spacial score (nSPS) is 36.4. The van der Waals surface area contributed by atoms with Crippen molar-refractivity contribution in [2.75, 3.05) is 26.3 Å². The van der Waals surface area contributed by atoms with Gasteiger partial charge in [0, 0.05) is 24.9 Å². The lowest BCUT2D eigenvalue weighted by Crippen LogP contribution is -2.45. The molecule has 0 aromatic rings. The quantitative estimate of drug-likeness (QED) is 0.561. The fourth-order valence-electron chi connectivity index (χ4n) is 3.56. The van der Waals surface area contributed by atoms with Crippen LogP contribution in [0.15, 0.2) is 0 Å². The van der Waals surface area contributed by atoms with Crippen molar-refractivity contribution in [1.29, 1.82) is 0 Å². The molecule has 0 aromatic carbocycles. The minimum atomic E-state index is -0.368. The lowest BCUT2D eigenvalue weighted by molar-refractivity contribution is -0.134. The van der Waals surface area contributed by atoms with Crippen LogP contribution in [-0.2, 0) is 9.59 Å². The summed E-state index contributed by atoms with van der Waals surface area (Å²) in [7, 11) is 0. The molecule has 6 heteroatoms. The molecule has 6 nitrogen and oxygen atoms in total. The third-order valence-electron chi connectivity index (χ3n) is 4.88. The van der Waals surface area contributed by atoms with E-state index < -0.39 is 0 Å². The summed E-state index contributed by atoms with van der Waals surface area (Å²) >= 11 is 0. The Kier molecular flexibility index (Phi) is 2.60. The molecule has 0 bridgehead atoms. The SMILES string of the molecule is O=C1CCC(C(=O)N2CC3C(C2)C3(CO)CO)N1. The number of likely N-dealkylation sites (tertiary alicyclic amines) is 1. The average molecular weight is 254 g/mol. The zero-order valence-corrected chi connectivity index (χ0v) is 10.1. The van der Waals surface area contributed by atoms with Crippen molar-refractivity contribution in [2.24, 2.45) is 17.3 Å². The van der Waals surface area contributed by atoms with Crippen LogP contribution in [0.1, 0.15) is 12.8 Å². The van der Waals surface area contributed by atoms with Gasteiger partial charge in [0.15, 0.2) is 0 Å². The van der Waals surface area contributed by atoms with Gasteiger partial charge >= 0.3 is 0 Å². The smallest absolute Gasteiger partial charge is 0.245 e. The highest BCUT2D eigenvalue weighted by atomic mass is 16.3. The summed E-state index contributed by atoms with van der Waals surface area (Å²) in [5, 5.41) is 21.3. The summed E-state index contributed by atoms with van der Waals surface area (Å²) in [6, 6.07) is -0.368. The van der Waals surface area contributed by atoms with Crippen LogP contribution in [0, 0.1) is 17.3 Å². The number of fused-ring (bicyclic) bond motifs is 1. The molecule has 3 atom stereocenters. The van der Waals surface area contributed by atoms with Crippen LogP contribution >= 0.6 is 0 Å². The van der Waals surface area contributed by atoms with E-state index in [0.717, 1.165) is 0 Å². The minimum Gasteiger partial charge on any atom is -0.396 e. The van der Waals surface area contributed by atoms with Gasteiger partial charge in [-0.1, -0.05) is 0 Å². The van der Waals surface area contributed by atoms with Crippen LogP contribution in [0.3, 0.4) is 0 Å². The Hall–Kier alpha value is -1.14. The highest BCUT2D eigenvalue weighted by Gasteiger charge is 2.68. The van der Waals surface area contributed by atoms with Gasteiger partial charge in [-0.3, -0.25) is 9.59 Å². The molecule has 1 saturated carbocycles. The summed E-state index contributed by atoms with van der Waals surface area (Å²) in [4.78, 5) is 25.0. The van der Waals surface area contributed by atoms with Crippen LogP contribution in [0.2, 0.25) is 0 Å². The number of nitrogens with zero attached hydrogens (tertiary/aromatic N) is 1. The number of amides is 2. The molecular weight excluding hydrogens is 236 g/mol. The summed E-state index contributed by atoms with van der Waals surface area (Å²) in [5.41, 5.74) is -0.365. The molecule has 0 radical (unpaired) electrons. The maximum absolute atomic E-state index is 12.1. The predicted octanol–water partition coefficient (Wildman–Crippen LogP) is -1.68. The number of aliphatic hydroxyl groups is 2. The lowest BCUT2D eigenvalue weighted by atomic mass is 10.0. The molecule has 2 aliphatic heterocycles.